The van der Waals surface area contributed by atoms with Crippen molar-refractivity contribution in [1.29, 1.82) is 0 Å². The van der Waals surface area contributed by atoms with E-state index in [2.05, 4.69) is 9.97 Å². The van der Waals surface area contributed by atoms with Crippen LogP contribution in [0.15, 0.2) is 6.20 Å². The van der Waals surface area contributed by atoms with Crippen molar-refractivity contribution in [2.24, 2.45) is 0 Å². The largest absolute Gasteiger partial charge is 0.387 e. The van der Waals surface area contributed by atoms with Crippen LogP contribution in [0.2, 0.25) is 10.3 Å². The van der Waals surface area contributed by atoms with Crippen LogP contribution >= 0.6 is 23.2 Å². The Morgan fingerprint density at radius 2 is 2.18 bits per heavy atom. The topological polar surface area (TPSA) is 46.0 Å². The summed E-state index contributed by atoms with van der Waals surface area (Å²) in [6.45, 7) is 1.56. The number of aliphatic hydroxyl groups excluding tert-OH is 1. The summed E-state index contributed by atoms with van der Waals surface area (Å²) in [4.78, 5) is 7.50. The van der Waals surface area contributed by atoms with Crippen molar-refractivity contribution in [2.75, 3.05) is 0 Å². The molecule has 5 heteroatoms. The second-order valence-corrected chi connectivity index (χ2v) is 2.79. The molecular weight excluding hydrogens is 187 g/mol. The molecule has 1 heterocycles. The summed E-state index contributed by atoms with van der Waals surface area (Å²) in [5, 5.41) is 9.43. The van der Waals surface area contributed by atoms with Crippen molar-refractivity contribution in [2.45, 2.75) is 13.0 Å². The lowest BCUT2D eigenvalue weighted by atomic mass is 10.3. The number of aliphatic hydroxyl groups is 1. The van der Waals surface area contributed by atoms with Gasteiger partial charge in [0.25, 0.3) is 0 Å². The molecule has 1 aromatic heterocycles. The number of hydrogen-bond acceptors (Lipinski definition) is 3. The average molecular weight is 193 g/mol. The van der Waals surface area contributed by atoms with E-state index in [4.69, 9.17) is 28.3 Å². The molecule has 0 saturated heterocycles. The Bertz CT molecular complexity index is 265. The molecule has 1 N–H and O–H groups in total. The summed E-state index contributed by atoms with van der Waals surface area (Å²) in [6, 6.07) is 0. The van der Waals surface area contributed by atoms with Crippen LogP contribution < -0.4 is 0 Å². The minimum absolute atomic E-state index is 0.146. The molecule has 0 unspecified atom stereocenters. The Balaban J connectivity index is 3.09. The van der Waals surface area contributed by atoms with Crippen LogP contribution in [0.4, 0.5) is 0 Å². The van der Waals surface area contributed by atoms with Crippen molar-refractivity contribution in [1.82, 2.24) is 9.97 Å². The molecule has 0 fully saturated rings. The lowest BCUT2D eigenvalue weighted by Gasteiger charge is -2.03. The fraction of sp³-hybridized carbons (Fsp3) is 0.333. The highest BCUT2D eigenvalue weighted by atomic mass is 35.5. The van der Waals surface area contributed by atoms with Crippen LogP contribution in [0.3, 0.4) is 0 Å². The summed E-state index contributed by atoms with van der Waals surface area (Å²) in [5.41, 5.74) is 0.344. The number of aromatic nitrogens is 2. The van der Waals surface area contributed by atoms with Crippen molar-refractivity contribution >= 4 is 23.2 Å². The van der Waals surface area contributed by atoms with E-state index in [0.29, 0.717) is 5.69 Å². The van der Waals surface area contributed by atoms with Gasteiger partial charge in [0.1, 0.15) is 10.8 Å². The first-order valence-corrected chi connectivity index (χ1v) is 3.73. The zero-order chi connectivity index (χ0) is 8.43. The Hall–Kier alpha value is -0.380. The maximum atomic E-state index is 9.07. The smallest absolute Gasteiger partial charge is 0.154 e. The highest BCUT2D eigenvalue weighted by Gasteiger charge is 2.08. The summed E-state index contributed by atoms with van der Waals surface area (Å²) >= 11 is 11.1. The Labute approximate surface area is 74.0 Å². The summed E-state index contributed by atoms with van der Waals surface area (Å²) in [5.74, 6) is 0. The molecule has 1 rings (SSSR count). The minimum Gasteiger partial charge on any atom is -0.387 e. The molecule has 0 aromatic carbocycles. The molecule has 0 saturated carbocycles. The van der Waals surface area contributed by atoms with Crippen LogP contribution in [-0.4, -0.2) is 15.1 Å². The van der Waals surface area contributed by atoms with Crippen LogP contribution in [-0.2, 0) is 0 Å². The predicted octanol–water partition coefficient (Wildman–Crippen LogP) is 1.84. The highest BCUT2D eigenvalue weighted by Crippen LogP contribution is 2.19. The molecule has 0 aliphatic heterocycles. The molecule has 0 amide bonds. The fourth-order valence-corrected chi connectivity index (χ4v) is 1.11. The maximum Gasteiger partial charge on any atom is 0.154 e. The maximum absolute atomic E-state index is 9.07. The van der Waals surface area contributed by atoms with E-state index in [1.807, 2.05) is 0 Å². The zero-order valence-corrected chi connectivity index (χ0v) is 7.26. The van der Waals surface area contributed by atoms with Crippen molar-refractivity contribution in [3.8, 4) is 0 Å². The molecule has 0 bridgehead atoms. The molecule has 11 heavy (non-hydrogen) atoms. The summed E-state index contributed by atoms with van der Waals surface area (Å²) < 4.78 is 0. The molecule has 0 aliphatic rings. The van der Waals surface area contributed by atoms with E-state index in [1.165, 1.54) is 6.20 Å². The standard InChI is InChI=1S/C6H6Cl2N2O/c1-3(11)5-6(8)10-4(7)2-9-5/h2-3,11H,1H3/t3-/m0/s1. The molecule has 0 spiro atoms. The van der Waals surface area contributed by atoms with Crippen molar-refractivity contribution in [3.63, 3.8) is 0 Å². The summed E-state index contributed by atoms with van der Waals surface area (Å²) in [6.07, 6.45) is 0.627. The van der Waals surface area contributed by atoms with Gasteiger partial charge in [-0.05, 0) is 6.92 Å². The van der Waals surface area contributed by atoms with E-state index >= 15 is 0 Å². The Morgan fingerprint density at radius 3 is 2.64 bits per heavy atom. The third kappa shape index (κ3) is 2.02. The second-order valence-electron chi connectivity index (χ2n) is 2.04. The van der Waals surface area contributed by atoms with E-state index in [0.717, 1.165) is 0 Å². The van der Waals surface area contributed by atoms with Gasteiger partial charge < -0.3 is 5.11 Å². The van der Waals surface area contributed by atoms with Gasteiger partial charge in [0.15, 0.2) is 5.15 Å². The molecular formula is C6H6Cl2N2O. The molecule has 1 atom stereocenters. The molecule has 60 valence electrons. The number of rotatable bonds is 1. The van der Waals surface area contributed by atoms with Gasteiger partial charge in [0, 0.05) is 0 Å². The fourth-order valence-electron chi connectivity index (χ4n) is 0.636. The number of nitrogens with zero attached hydrogens (tertiary/aromatic N) is 2. The van der Waals surface area contributed by atoms with Crippen LogP contribution in [0, 0.1) is 0 Å². The first kappa shape index (κ1) is 8.71. The number of halogens is 2. The van der Waals surface area contributed by atoms with E-state index in [-0.39, 0.29) is 10.3 Å². The Morgan fingerprint density at radius 1 is 1.55 bits per heavy atom. The van der Waals surface area contributed by atoms with E-state index in [1.54, 1.807) is 6.92 Å². The SMILES string of the molecule is C[C@H](O)c1ncc(Cl)nc1Cl. The van der Waals surface area contributed by atoms with Crippen molar-refractivity contribution < 1.29 is 5.11 Å². The lowest BCUT2D eigenvalue weighted by molar-refractivity contribution is 0.194. The molecule has 3 nitrogen and oxygen atoms in total. The third-order valence-corrected chi connectivity index (χ3v) is 1.58. The Kier molecular flexibility index (Phi) is 2.65. The zero-order valence-electron chi connectivity index (χ0n) is 5.75. The lowest BCUT2D eigenvalue weighted by Crippen LogP contribution is -1.98. The quantitative estimate of drug-likeness (QED) is 0.739. The van der Waals surface area contributed by atoms with Crippen LogP contribution in [0.5, 0.6) is 0 Å². The highest BCUT2D eigenvalue weighted by molar-refractivity contribution is 6.32. The van der Waals surface area contributed by atoms with Gasteiger partial charge in [-0.25, -0.2) is 4.98 Å². The van der Waals surface area contributed by atoms with Gasteiger partial charge in [-0.2, -0.15) is 0 Å². The van der Waals surface area contributed by atoms with E-state index < -0.39 is 6.10 Å². The van der Waals surface area contributed by atoms with Gasteiger partial charge in [-0.3, -0.25) is 4.98 Å². The predicted molar refractivity (Wildman–Crippen MR) is 42.7 cm³/mol. The van der Waals surface area contributed by atoms with Crippen LogP contribution in [0.1, 0.15) is 18.7 Å². The second kappa shape index (κ2) is 3.34. The van der Waals surface area contributed by atoms with Crippen molar-refractivity contribution in [3.05, 3.63) is 22.2 Å². The average Bonchev–Trinajstić information content (AvgIpc) is 1.85. The third-order valence-electron chi connectivity index (χ3n) is 1.12. The molecule has 0 aliphatic carbocycles. The van der Waals surface area contributed by atoms with Gasteiger partial charge in [0.05, 0.1) is 12.3 Å². The number of hydrogen-bond donors (Lipinski definition) is 1. The van der Waals surface area contributed by atoms with Gasteiger partial charge in [-0.15, -0.1) is 0 Å². The van der Waals surface area contributed by atoms with Crippen LogP contribution in [0.25, 0.3) is 0 Å². The first-order chi connectivity index (χ1) is 5.11. The van der Waals surface area contributed by atoms with E-state index in [9.17, 15) is 0 Å². The van der Waals surface area contributed by atoms with Gasteiger partial charge in [-0.1, -0.05) is 23.2 Å². The normalized spacial score (nSPS) is 13.1. The van der Waals surface area contributed by atoms with Gasteiger partial charge in [0.2, 0.25) is 0 Å². The van der Waals surface area contributed by atoms with Gasteiger partial charge >= 0.3 is 0 Å². The molecule has 0 radical (unpaired) electrons. The first-order valence-electron chi connectivity index (χ1n) is 2.97. The monoisotopic (exact) mass is 192 g/mol. The summed E-state index contributed by atoms with van der Waals surface area (Å²) in [7, 11) is 0. The molecule has 1 aromatic rings. The minimum atomic E-state index is -0.715.